The molecular formula is C8H8FO2S-. The molecule has 0 aliphatic heterocycles. The number of aryl methyl sites for hydroxylation is 1. The third kappa shape index (κ3) is 1.54. The Hall–Kier alpha value is -0.740. The molecular weight excluding hydrogens is 179 g/mol. The fourth-order valence-electron chi connectivity index (χ4n) is 0.983. The Kier molecular flexibility index (Phi) is 2.59. The number of benzene rings is 1. The molecule has 0 saturated heterocycles. The molecule has 0 bridgehead atoms. The molecule has 1 unspecified atom stereocenters. The van der Waals surface area contributed by atoms with Crippen LogP contribution < -0.4 is 0 Å². The van der Waals surface area contributed by atoms with Crippen molar-refractivity contribution in [1.82, 2.24) is 0 Å². The number of hydrogen-bond acceptors (Lipinski definition) is 2. The molecule has 0 amide bonds. The van der Waals surface area contributed by atoms with Gasteiger partial charge in [-0.2, -0.15) is 0 Å². The van der Waals surface area contributed by atoms with E-state index in [0.29, 0.717) is 5.56 Å². The number of hydrogen-bond donors (Lipinski definition) is 0. The van der Waals surface area contributed by atoms with Crippen molar-refractivity contribution < 1.29 is 13.2 Å². The van der Waals surface area contributed by atoms with Gasteiger partial charge in [-0.3, -0.25) is 4.21 Å². The Bertz CT molecular complexity index is 336. The molecule has 0 fully saturated rings. The Balaban J connectivity index is 3.36. The van der Waals surface area contributed by atoms with Crippen LogP contribution in [0.4, 0.5) is 4.39 Å². The fourth-order valence-corrected chi connectivity index (χ4v) is 1.50. The molecule has 1 aromatic carbocycles. The molecule has 1 rings (SSSR count). The van der Waals surface area contributed by atoms with E-state index in [0.717, 1.165) is 0 Å². The molecule has 0 aliphatic carbocycles. The highest BCUT2D eigenvalue weighted by molar-refractivity contribution is 7.79. The predicted octanol–water partition coefficient (Wildman–Crippen LogP) is 1.68. The normalized spacial score (nSPS) is 13.0. The zero-order valence-electron chi connectivity index (χ0n) is 6.76. The molecule has 0 N–H and O–H groups in total. The summed E-state index contributed by atoms with van der Waals surface area (Å²) in [5, 5.41) is 0. The largest absolute Gasteiger partial charge is 0.768 e. The van der Waals surface area contributed by atoms with E-state index in [9.17, 15) is 13.2 Å². The van der Waals surface area contributed by atoms with Crippen molar-refractivity contribution >= 4 is 11.1 Å². The van der Waals surface area contributed by atoms with Gasteiger partial charge >= 0.3 is 0 Å². The molecule has 12 heavy (non-hydrogen) atoms. The molecule has 2 nitrogen and oxygen atoms in total. The van der Waals surface area contributed by atoms with Gasteiger partial charge in [-0.1, -0.05) is 6.07 Å². The van der Waals surface area contributed by atoms with Gasteiger partial charge in [0.2, 0.25) is 0 Å². The summed E-state index contributed by atoms with van der Waals surface area (Å²) in [5.74, 6) is -0.448. The van der Waals surface area contributed by atoms with Gasteiger partial charge in [-0.05, 0) is 42.1 Å². The van der Waals surface area contributed by atoms with Gasteiger partial charge < -0.3 is 4.55 Å². The highest BCUT2D eigenvalue weighted by Crippen LogP contribution is 2.18. The molecule has 0 aromatic heterocycles. The Morgan fingerprint density at radius 3 is 2.50 bits per heavy atom. The Morgan fingerprint density at radius 1 is 1.42 bits per heavy atom. The second-order valence-corrected chi connectivity index (χ2v) is 3.46. The zero-order chi connectivity index (χ0) is 9.30. The SMILES string of the molecule is Cc1ccc(S(=O)[O-])c(C)c1F. The molecule has 0 aliphatic rings. The maximum absolute atomic E-state index is 13.1. The second-order valence-electron chi connectivity index (χ2n) is 2.55. The second kappa shape index (κ2) is 3.33. The maximum atomic E-state index is 13.1. The first kappa shape index (κ1) is 9.35. The third-order valence-corrected chi connectivity index (χ3v) is 2.51. The van der Waals surface area contributed by atoms with Crippen LogP contribution in [-0.2, 0) is 11.1 Å². The van der Waals surface area contributed by atoms with Gasteiger partial charge in [0.05, 0.1) is 0 Å². The lowest BCUT2D eigenvalue weighted by molar-refractivity contribution is 0.533. The Labute approximate surface area is 72.7 Å². The van der Waals surface area contributed by atoms with Crippen molar-refractivity contribution in [3.8, 4) is 0 Å². The van der Waals surface area contributed by atoms with E-state index < -0.39 is 16.9 Å². The first-order valence-electron chi connectivity index (χ1n) is 3.39. The number of halogens is 1. The van der Waals surface area contributed by atoms with Crippen molar-refractivity contribution in [3.63, 3.8) is 0 Å². The predicted molar refractivity (Wildman–Crippen MR) is 43.1 cm³/mol. The molecule has 0 spiro atoms. The van der Waals surface area contributed by atoms with Crippen molar-refractivity contribution in [3.05, 3.63) is 29.1 Å². The average Bonchev–Trinajstić information content (AvgIpc) is 2.00. The van der Waals surface area contributed by atoms with Gasteiger partial charge in [-0.25, -0.2) is 4.39 Å². The maximum Gasteiger partial charge on any atom is 0.130 e. The van der Waals surface area contributed by atoms with Gasteiger partial charge in [-0.15, -0.1) is 0 Å². The lowest BCUT2D eigenvalue weighted by Gasteiger charge is -2.10. The van der Waals surface area contributed by atoms with Crippen molar-refractivity contribution in [2.45, 2.75) is 18.7 Å². The van der Waals surface area contributed by atoms with E-state index in [1.165, 1.54) is 19.1 Å². The summed E-state index contributed by atoms with van der Waals surface area (Å²) < 4.78 is 34.1. The lowest BCUT2D eigenvalue weighted by Crippen LogP contribution is -1.97. The standard InChI is InChI=1S/C8H9FO2S/c1-5-3-4-7(12(10)11)6(2)8(5)9/h3-4H,1-2H3,(H,10,11)/p-1. The fraction of sp³-hybridized carbons (Fsp3) is 0.250. The van der Waals surface area contributed by atoms with E-state index in [4.69, 9.17) is 0 Å². The van der Waals surface area contributed by atoms with Crippen molar-refractivity contribution in [2.75, 3.05) is 0 Å². The van der Waals surface area contributed by atoms with E-state index >= 15 is 0 Å². The van der Waals surface area contributed by atoms with E-state index in [1.54, 1.807) is 6.92 Å². The lowest BCUT2D eigenvalue weighted by atomic mass is 10.1. The molecule has 66 valence electrons. The van der Waals surface area contributed by atoms with Crippen LogP contribution in [-0.4, -0.2) is 8.76 Å². The quantitative estimate of drug-likeness (QED) is 0.627. The minimum Gasteiger partial charge on any atom is -0.768 e. The topological polar surface area (TPSA) is 40.1 Å². The van der Waals surface area contributed by atoms with Crippen molar-refractivity contribution in [2.24, 2.45) is 0 Å². The van der Waals surface area contributed by atoms with Crippen molar-refractivity contribution in [1.29, 1.82) is 0 Å². The summed E-state index contributed by atoms with van der Waals surface area (Å²) >= 11 is -2.35. The molecule has 0 radical (unpaired) electrons. The smallest absolute Gasteiger partial charge is 0.130 e. The molecule has 0 heterocycles. The average molecular weight is 187 g/mol. The summed E-state index contributed by atoms with van der Waals surface area (Å²) in [6.07, 6.45) is 0. The summed E-state index contributed by atoms with van der Waals surface area (Å²) in [4.78, 5) is 0.0260. The van der Waals surface area contributed by atoms with Gasteiger partial charge in [0.15, 0.2) is 0 Å². The molecule has 4 heteroatoms. The molecule has 1 atom stereocenters. The monoisotopic (exact) mass is 187 g/mol. The van der Waals surface area contributed by atoms with E-state index in [-0.39, 0.29) is 10.5 Å². The summed E-state index contributed by atoms with van der Waals surface area (Å²) in [6, 6.07) is 2.85. The minimum atomic E-state index is -2.35. The van der Waals surface area contributed by atoms with Crippen LogP contribution >= 0.6 is 0 Å². The van der Waals surface area contributed by atoms with Crippen LogP contribution in [0.25, 0.3) is 0 Å². The van der Waals surface area contributed by atoms with Crippen LogP contribution in [0.2, 0.25) is 0 Å². The summed E-state index contributed by atoms with van der Waals surface area (Å²) in [5.41, 5.74) is 0.644. The molecule has 1 aromatic rings. The third-order valence-electron chi connectivity index (χ3n) is 1.71. The van der Waals surface area contributed by atoms with E-state index in [1.807, 2.05) is 0 Å². The molecule has 0 saturated carbocycles. The van der Waals surface area contributed by atoms with Gasteiger partial charge in [0, 0.05) is 4.90 Å². The van der Waals surface area contributed by atoms with Crippen LogP contribution in [0, 0.1) is 19.7 Å². The first-order valence-corrected chi connectivity index (χ1v) is 4.46. The highest BCUT2D eigenvalue weighted by Gasteiger charge is 2.06. The van der Waals surface area contributed by atoms with E-state index in [2.05, 4.69) is 0 Å². The van der Waals surface area contributed by atoms with Crippen LogP contribution in [0.1, 0.15) is 11.1 Å². The Morgan fingerprint density at radius 2 is 2.00 bits per heavy atom. The number of rotatable bonds is 1. The van der Waals surface area contributed by atoms with Crippen LogP contribution in [0.15, 0.2) is 17.0 Å². The summed E-state index contributed by atoms with van der Waals surface area (Å²) in [7, 11) is 0. The van der Waals surface area contributed by atoms with Gasteiger partial charge in [0.1, 0.15) is 5.82 Å². The zero-order valence-corrected chi connectivity index (χ0v) is 7.57. The van der Waals surface area contributed by atoms with Crippen LogP contribution in [0.5, 0.6) is 0 Å². The highest BCUT2D eigenvalue weighted by atomic mass is 32.2. The first-order chi connectivity index (χ1) is 5.54. The minimum absolute atomic E-state index is 0.0260. The van der Waals surface area contributed by atoms with Gasteiger partial charge in [0.25, 0.3) is 0 Å². The van der Waals surface area contributed by atoms with Crippen LogP contribution in [0.3, 0.4) is 0 Å². The summed E-state index contributed by atoms with van der Waals surface area (Å²) in [6.45, 7) is 3.05.